The predicted molar refractivity (Wildman–Crippen MR) is 76.0 cm³/mol. The van der Waals surface area contributed by atoms with Crippen molar-refractivity contribution in [2.45, 2.75) is 58.3 Å². The molecular weight excluding hydrogens is 244 g/mol. The van der Waals surface area contributed by atoms with Crippen molar-refractivity contribution in [1.29, 1.82) is 0 Å². The van der Waals surface area contributed by atoms with Crippen LogP contribution >= 0.6 is 11.3 Å². The fourth-order valence-electron chi connectivity index (χ4n) is 2.43. The van der Waals surface area contributed by atoms with Crippen molar-refractivity contribution in [3.05, 3.63) is 11.1 Å². The standard InChI is InChI=1S/C14H22N2OS/c1-10(2)12-9-18-14(15-12)16-13(17)8-11-6-4-3-5-7-11/h9-11H,3-8H2,1-2H3,(H,15,16,17). The van der Waals surface area contributed by atoms with Crippen molar-refractivity contribution < 1.29 is 4.79 Å². The quantitative estimate of drug-likeness (QED) is 0.888. The van der Waals surface area contributed by atoms with Crippen LogP contribution < -0.4 is 5.32 Å². The van der Waals surface area contributed by atoms with E-state index in [2.05, 4.69) is 24.1 Å². The van der Waals surface area contributed by atoms with Crippen LogP contribution in [0.3, 0.4) is 0 Å². The van der Waals surface area contributed by atoms with Gasteiger partial charge in [-0.15, -0.1) is 11.3 Å². The summed E-state index contributed by atoms with van der Waals surface area (Å²) in [6, 6.07) is 0. The van der Waals surface area contributed by atoms with Gasteiger partial charge in [0.15, 0.2) is 5.13 Å². The summed E-state index contributed by atoms with van der Waals surface area (Å²) in [6.45, 7) is 4.23. The van der Waals surface area contributed by atoms with Gasteiger partial charge in [-0.2, -0.15) is 0 Å². The van der Waals surface area contributed by atoms with Crippen LogP contribution in [0.15, 0.2) is 5.38 Å². The van der Waals surface area contributed by atoms with E-state index in [4.69, 9.17) is 0 Å². The second-order valence-electron chi connectivity index (χ2n) is 5.49. The van der Waals surface area contributed by atoms with E-state index in [0.717, 1.165) is 10.8 Å². The molecular formula is C14H22N2OS. The second kappa shape index (κ2) is 6.32. The summed E-state index contributed by atoms with van der Waals surface area (Å²) in [6.07, 6.45) is 6.99. The molecule has 0 saturated heterocycles. The minimum atomic E-state index is 0.131. The van der Waals surface area contributed by atoms with E-state index in [1.165, 1.54) is 43.4 Å². The van der Waals surface area contributed by atoms with Crippen LogP contribution in [0.4, 0.5) is 5.13 Å². The third kappa shape index (κ3) is 3.80. The highest BCUT2D eigenvalue weighted by molar-refractivity contribution is 7.13. The summed E-state index contributed by atoms with van der Waals surface area (Å²) in [5.74, 6) is 1.14. The largest absolute Gasteiger partial charge is 0.302 e. The Morgan fingerprint density at radius 1 is 1.44 bits per heavy atom. The lowest BCUT2D eigenvalue weighted by Crippen LogP contribution is -2.18. The highest BCUT2D eigenvalue weighted by Crippen LogP contribution is 2.27. The molecule has 0 radical (unpaired) electrons. The molecule has 1 aliphatic carbocycles. The first-order chi connectivity index (χ1) is 8.65. The molecule has 0 spiro atoms. The molecule has 1 heterocycles. The number of amides is 1. The molecule has 2 rings (SSSR count). The number of aromatic nitrogens is 1. The minimum absolute atomic E-state index is 0.131. The zero-order chi connectivity index (χ0) is 13.0. The number of carbonyl (C=O) groups is 1. The number of nitrogens with one attached hydrogen (secondary N) is 1. The zero-order valence-corrected chi connectivity index (χ0v) is 12.1. The Hall–Kier alpha value is -0.900. The molecule has 0 atom stereocenters. The molecule has 0 aliphatic heterocycles. The normalized spacial score (nSPS) is 17.1. The fraction of sp³-hybridized carbons (Fsp3) is 0.714. The molecule has 1 aliphatic rings. The summed E-state index contributed by atoms with van der Waals surface area (Å²) in [5.41, 5.74) is 1.06. The average molecular weight is 266 g/mol. The van der Waals surface area contributed by atoms with Crippen molar-refractivity contribution in [3.63, 3.8) is 0 Å². The van der Waals surface area contributed by atoms with Gasteiger partial charge in [-0.25, -0.2) is 4.98 Å². The Morgan fingerprint density at radius 3 is 2.78 bits per heavy atom. The average Bonchev–Trinajstić information content (AvgIpc) is 2.78. The second-order valence-corrected chi connectivity index (χ2v) is 6.35. The zero-order valence-electron chi connectivity index (χ0n) is 11.2. The smallest absolute Gasteiger partial charge is 0.226 e. The summed E-state index contributed by atoms with van der Waals surface area (Å²) in [5, 5.41) is 5.71. The van der Waals surface area contributed by atoms with Crippen molar-refractivity contribution in [1.82, 2.24) is 4.98 Å². The minimum Gasteiger partial charge on any atom is -0.302 e. The van der Waals surface area contributed by atoms with Crippen molar-refractivity contribution in [3.8, 4) is 0 Å². The van der Waals surface area contributed by atoms with E-state index in [1.54, 1.807) is 0 Å². The van der Waals surface area contributed by atoms with Crippen LogP contribution in [0.5, 0.6) is 0 Å². The number of hydrogen-bond donors (Lipinski definition) is 1. The number of rotatable bonds is 4. The maximum atomic E-state index is 11.9. The maximum absolute atomic E-state index is 11.9. The lowest BCUT2D eigenvalue weighted by atomic mass is 9.87. The topological polar surface area (TPSA) is 42.0 Å². The van der Waals surface area contributed by atoms with E-state index in [9.17, 15) is 4.79 Å². The van der Waals surface area contributed by atoms with E-state index in [1.807, 2.05) is 5.38 Å². The van der Waals surface area contributed by atoms with Gasteiger partial charge in [-0.3, -0.25) is 4.79 Å². The Kier molecular flexibility index (Phi) is 4.75. The summed E-state index contributed by atoms with van der Waals surface area (Å²) in [4.78, 5) is 16.3. The number of carbonyl (C=O) groups excluding carboxylic acids is 1. The predicted octanol–water partition coefficient (Wildman–Crippen LogP) is 4.18. The fourth-order valence-corrected chi connectivity index (χ4v) is 3.32. The highest BCUT2D eigenvalue weighted by atomic mass is 32.1. The van der Waals surface area contributed by atoms with Gasteiger partial charge in [-0.05, 0) is 24.7 Å². The molecule has 1 aromatic heterocycles. The molecule has 1 aromatic rings. The van der Waals surface area contributed by atoms with Gasteiger partial charge in [0.1, 0.15) is 0 Å². The Morgan fingerprint density at radius 2 is 2.17 bits per heavy atom. The number of anilines is 1. The van der Waals surface area contributed by atoms with E-state index < -0.39 is 0 Å². The number of nitrogens with zero attached hydrogens (tertiary/aromatic N) is 1. The molecule has 0 unspecified atom stereocenters. The van der Waals surface area contributed by atoms with Gasteiger partial charge in [0, 0.05) is 11.8 Å². The van der Waals surface area contributed by atoms with Gasteiger partial charge in [0.25, 0.3) is 0 Å². The monoisotopic (exact) mass is 266 g/mol. The maximum Gasteiger partial charge on any atom is 0.226 e. The number of thiazole rings is 1. The Balaban J connectivity index is 1.82. The highest BCUT2D eigenvalue weighted by Gasteiger charge is 2.17. The molecule has 4 heteroatoms. The lowest BCUT2D eigenvalue weighted by molar-refractivity contribution is -0.117. The molecule has 1 saturated carbocycles. The van der Waals surface area contributed by atoms with Crippen LogP contribution in [0, 0.1) is 5.92 Å². The molecule has 1 N–H and O–H groups in total. The van der Waals surface area contributed by atoms with Gasteiger partial charge >= 0.3 is 0 Å². The molecule has 100 valence electrons. The number of hydrogen-bond acceptors (Lipinski definition) is 3. The van der Waals surface area contributed by atoms with E-state index in [-0.39, 0.29) is 5.91 Å². The van der Waals surface area contributed by atoms with Crippen molar-refractivity contribution in [2.75, 3.05) is 5.32 Å². The van der Waals surface area contributed by atoms with Crippen molar-refractivity contribution >= 4 is 22.4 Å². The first kappa shape index (κ1) is 13.5. The van der Waals surface area contributed by atoms with Gasteiger partial charge < -0.3 is 5.32 Å². The molecule has 0 bridgehead atoms. The van der Waals surface area contributed by atoms with Gasteiger partial charge in [0.05, 0.1) is 5.69 Å². The third-order valence-corrected chi connectivity index (χ3v) is 4.33. The SMILES string of the molecule is CC(C)c1csc(NC(=O)CC2CCCCC2)n1. The Bertz CT molecular complexity index is 394. The molecule has 0 aromatic carbocycles. The van der Waals surface area contributed by atoms with Gasteiger partial charge in [-0.1, -0.05) is 33.1 Å². The van der Waals surface area contributed by atoms with Crippen LogP contribution in [0.1, 0.15) is 64.0 Å². The van der Waals surface area contributed by atoms with Crippen LogP contribution in [-0.2, 0) is 4.79 Å². The molecule has 1 amide bonds. The first-order valence-electron chi connectivity index (χ1n) is 6.90. The lowest BCUT2D eigenvalue weighted by Gasteiger charge is -2.20. The van der Waals surface area contributed by atoms with Gasteiger partial charge in [0.2, 0.25) is 5.91 Å². The van der Waals surface area contributed by atoms with E-state index >= 15 is 0 Å². The summed E-state index contributed by atoms with van der Waals surface area (Å²) < 4.78 is 0. The van der Waals surface area contributed by atoms with Crippen molar-refractivity contribution in [2.24, 2.45) is 5.92 Å². The summed E-state index contributed by atoms with van der Waals surface area (Å²) >= 11 is 1.53. The Labute approximate surface area is 113 Å². The van der Waals surface area contributed by atoms with E-state index in [0.29, 0.717) is 18.3 Å². The first-order valence-corrected chi connectivity index (χ1v) is 7.78. The van der Waals surface area contributed by atoms with Crippen LogP contribution in [0.2, 0.25) is 0 Å². The molecule has 18 heavy (non-hydrogen) atoms. The summed E-state index contributed by atoms with van der Waals surface area (Å²) in [7, 11) is 0. The molecule has 1 fully saturated rings. The van der Waals surface area contributed by atoms with Crippen LogP contribution in [-0.4, -0.2) is 10.9 Å². The third-order valence-electron chi connectivity index (χ3n) is 3.56. The molecule has 3 nitrogen and oxygen atoms in total. The van der Waals surface area contributed by atoms with Crippen LogP contribution in [0.25, 0.3) is 0 Å².